The van der Waals surface area contributed by atoms with Crippen LogP contribution in [0.25, 0.3) is 0 Å². The largest absolute Gasteiger partial charge is 0.399 e. The molecule has 0 aromatic carbocycles. The number of hydrogen-bond acceptors (Lipinski definition) is 1. The van der Waals surface area contributed by atoms with Gasteiger partial charge in [0.15, 0.2) is 0 Å². The van der Waals surface area contributed by atoms with Gasteiger partial charge in [-0.25, -0.2) is 4.39 Å². The fourth-order valence-electron chi connectivity index (χ4n) is 0.635. The van der Waals surface area contributed by atoms with Crippen LogP contribution >= 0.6 is 23.2 Å². The first-order valence-electron chi connectivity index (χ1n) is 2.71. The molecular formula is C6H6Cl2FN. The summed E-state index contributed by atoms with van der Waals surface area (Å²) in [6, 6.07) is 0. The fourth-order valence-corrected chi connectivity index (χ4v) is 0.979. The lowest BCUT2D eigenvalue weighted by Crippen LogP contribution is -2.27. The molecule has 10 heavy (non-hydrogen) atoms. The molecule has 56 valence electrons. The minimum absolute atomic E-state index is 0.439. The van der Waals surface area contributed by atoms with E-state index < -0.39 is 10.5 Å². The van der Waals surface area contributed by atoms with E-state index in [-0.39, 0.29) is 0 Å². The molecule has 1 aliphatic rings. The predicted molar refractivity (Wildman–Crippen MR) is 40.7 cm³/mol. The van der Waals surface area contributed by atoms with E-state index in [9.17, 15) is 4.39 Å². The molecule has 0 radical (unpaired) electrons. The maximum atomic E-state index is 12.9. The normalized spacial score (nSPS) is 39.5. The predicted octanol–water partition coefficient (Wildman–Crippen LogP) is 1.91. The van der Waals surface area contributed by atoms with E-state index >= 15 is 0 Å². The Balaban J connectivity index is 2.84. The van der Waals surface area contributed by atoms with Crippen molar-refractivity contribution in [2.24, 2.45) is 5.73 Å². The van der Waals surface area contributed by atoms with E-state index in [1.54, 1.807) is 0 Å². The van der Waals surface area contributed by atoms with Crippen molar-refractivity contribution in [3.8, 4) is 0 Å². The molecule has 0 amide bonds. The first-order chi connectivity index (χ1) is 4.52. The Bertz CT molecular complexity index is 198. The zero-order valence-corrected chi connectivity index (χ0v) is 6.53. The molecule has 0 aromatic rings. The molecule has 2 atom stereocenters. The van der Waals surface area contributed by atoms with Crippen LogP contribution in [-0.2, 0) is 0 Å². The van der Waals surface area contributed by atoms with Crippen LogP contribution in [0.4, 0.5) is 4.39 Å². The lowest BCUT2D eigenvalue weighted by Gasteiger charge is -2.20. The van der Waals surface area contributed by atoms with Gasteiger partial charge in [0.05, 0.1) is 0 Å². The molecule has 0 aromatic heterocycles. The number of nitrogens with two attached hydrogens (primary N) is 1. The summed E-state index contributed by atoms with van der Waals surface area (Å²) in [4.78, 5) is 0. The number of alkyl halides is 3. The third kappa shape index (κ3) is 1.44. The van der Waals surface area contributed by atoms with E-state index in [2.05, 4.69) is 0 Å². The fraction of sp³-hybridized carbons (Fsp3) is 0.333. The van der Waals surface area contributed by atoms with Gasteiger partial charge in [0.25, 0.3) is 0 Å². The van der Waals surface area contributed by atoms with Crippen molar-refractivity contribution >= 4 is 23.2 Å². The summed E-state index contributed by atoms with van der Waals surface area (Å²) < 4.78 is 12.9. The van der Waals surface area contributed by atoms with Gasteiger partial charge in [-0.2, -0.15) is 0 Å². The maximum absolute atomic E-state index is 12.9. The molecule has 0 spiro atoms. The summed E-state index contributed by atoms with van der Waals surface area (Å²) >= 11 is 10.8. The van der Waals surface area contributed by atoms with Gasteiger partial charge in [0, 0.05) is 5.70 Å². The second-order valence-corrected chi connectivity index (χ2v) is 3.13. The standard InChI is InChI=1S/C6H6Cl2FN/c7-5-3-4(10)1-2-6(5,8)9/h1-3,5H,10H2. The highest BCUT2D eigenvalue weighted by atomic mass is 35.5. The third-order valence-corrected chi connectivity index (χ3v) is 2.12. The van der Waals surface area contributed by atoms with Gasteiger partial charge in [-0.3, -0.25) is 0 Å². The third-order valence-electron chi connectivity index (χ3n) is 1.20. The molecule has 1 nitrogen and oxygen atoms in total. The van der Waals surface area contributed by atoms with Gasteiger partial charge < -0.3 is 5.73 Å². The lowest BCUT2D eigenvalue weighted by atomic mass is 10.1. The topological polar surface area (TPSA) is 26.0 Å². The van der Waals surface area contributed by atoms with E-state index in [1.807, 2.05) is 0 Å². The number of rotatable bonds is 0. The smallest absolute Gasteiger partial charge is 0.222 e. The molecule has 2 unspecified atom stereocenters. The van der Waals surface area contributed by atoms with Crippen LogP contribution < -0.4 is 5.73 Å². The van der Waals surface area contributed by atoms with E-state index in [0.29, 0.717) is 5.70 Å². The lowest BCUT2D eigenvalue weighted by molar-refractivity contribution is 0.351. The Morgan fingerprint density at radius 2 is 2.30 bits per heavy atom. The van der Waals surface area contributed by atoms with Crippen molar-refractivity contribution in [1.29, 1.82) is 0 Å². The maximum Gasteiger partial charge on any atom is 0.222 e. The van der Waals surface area contributed by atoms with Crippen LogP contribution in [0.1, 0.15) is 0 Å². The van der Waals surface area contributed by atoms with Crippen molar-refractivity contribution in [2.75, 3.05) is 0 Å². The minimum atomic E-state index is -1.98. The van der Waals surface area contributed by atoms with Gasteiger partial charge in [-0.15, -0.1) is 11.6 Å². The van der Waals surface area contributed by atoms with Crippen LogP contribution in [0.15, 0.2) is 23.9 Å². The summed E-state index contributed by atoms with van der Waals surface area (Å²) in [6.07, 6.45) is 3.90. The van der Waals surface area contributed by atoms with Crippen LogP contribution in [0, 0.1) is 0 Å². The van der Waals surface area contributed by atoms with Gasteiger partial charge in [0.1, 0.15) is 5.38 Å². The van der Waals surface area contributed by atoms with Crippen LogP contribution in [0.2, 0.25) is 0 Å². The minimum Gasteiger partial charge on any atom is -0.399 e. The highest BCUT2D eigenvalue weighted by molar-refractivity contribution is 6.33. The van der Waals surface area contributed by atoms with Crippen molar-refractivity contribution < 1.29 is 4.39 Å². The molecule has 0 aliphatic heterocycles. The molecule has 4 heteroatoms. The monoisotopic (exact) mass is 181 g/mol. The van der Waals surface area contributed by atoms with E-state index in [4.69, 9.17) is 28.9 Å². The van der Waals surface area contributed by atoms with E-state index in [0.717, 1.165) is 6.08 Å². The zero-order valence-electron chi connectivity index (χ0n) is 5.02. The Morgan fingerprint density at radius 1 is 1.70 bits per heavy atom. The molecule has 2 N–H and O–H groups in total. The van der Waals surface area contributed by atoms with Crippen LogP contribution in [0.3, 0.4) is 0 Å². The number of allylic oxidation sites excluding steroid dienone is 3. The van der Waals surface area contributed by atoms with Crippen molar-refractivity contribution in [3.05, 3.63) is 23.9 Å². The van der Waals surface area contributed by atoms with Gasteiger partial charge in [-0.05, 0) is 18.2 Å². The Kier molecular flexibility index (Phi) is 1.92. The average Bonchev–Trinajstić information content (AvgIpc) is 1.81. The summed E-state index contributed by atoms with van der Waals surface area (Å²) in [5, 5.41) is -2.86. The van der Waals surface area contributed by atoms with Crippen LogP contribution in [0.5, 0.6) is 0 Å². The summed E-state index contributed by atoms with van der Waals surface area (Å²) in [6.45, 7) is 0. The number of halogens is 3. The first-order valence-corrected chi connectivity index (χ1v) is 3.52. The SMILES string of the molecule is NC1=CC(Cl)C(F)(Cl)C=C1. The molecular weight excluding hydrogens is 176 g/mol. The summed E-state index contributed by atoms with van der Waals surface area (Å²) in [7, 11) is 0. The molecule has 0 bridgehead atoms. The molecule has 0 heterocycles. The average molecular weight is 182 g/mol. The zero-order chi connectivity index (χ0) is 7.78. The van der Waals surface area contributed by atoms with Crippen molar-refractivity contribution in [2.45, 2.75) is 10.5 Å². The highest BCUT2D eigenvalue weighted by Crippen LogP contribution is 2.32. The Labute approximate surface area is 68.3 Å². The molecule has 0 fully saturated rings. The van der Waals surface area contributed by atoms with Gasteiger partial charge >= 0.3 is 0 Å². The Hall–Kier alpha value is -0.210. The molecule has 0 saturated heterocycles. The number of hydrogen-bond donors (Lipinski definition) is 1. The van der Waals surface area contributed by atoms with E-state index in [1.165, 1.54) is 12.2 Å². The molecule has 0 saturated carbocycles. The Morgan fingerprint density at radius 3 is 2.70 bits per heavy atom. The highest BCUT2D eigenvalue weighted by Gasteiger charge is 2.33. The van der Waals surface area contributed by atoms with Crippen molar-refractivity contribution in [3.63, 3.8) is 0 Å². The van der Waals surface area contributed by atoms with Crippen LogP contribution in [-0.4, -0.2) is 10.5 Å². The second-order valence-electron chi connectivity index (χ2n) is 2.08. The summed E-state index contributed by atoms with van der Waals surface area (Å²) in [5.74, 6) is 0. The quantitative estimate of drug-likeness (QED) is 0.569. The van der Waals surface area contributed by atoms with Gasteiger partial charge in [-0.1, -0.05) is 11.6 Å². The first kappa shape index (κ1) is 7.89. The summed E-state index contributed by atoms with van der Waals surface area (Å²) in [5.41, 5.74) is 5.75. The molecule has 1 aliphatic carbocycles. The molecule has 1 rings (SSSR count). The second kappa shape index (κ2) is 2.44. The van der Waals surface area contributed by atoms with Crippen molar-refractivity contribution in [1.82, 2.24) is 0 Å². The van der Waals surface area contributed by atoms with Gasteiger partial charge in [0.2, 0.25) is 5.13 Å².